The van der Waals surface area contributed by atoms with E-state index in [1.807, 2.05) is 0 Å². The number of benzene rings is 1. The first-order valence-corrected chi connectivity index (χ1v) is 4.50. The van der Waals surface area contributed by atoms with Gasteiger partial charge in [0.2, 0.25) is 0 Å². The van der Waals surface area contributed by atoms with Gasteiger partial charge in [-0.15, -0.1) is 0 Å². The van der Waals surface area contributed by atoms with E-state index in [9.17, 15) is 10.2 Å². The number of phenolic OH excluding ortho intramolecular Hbond substituents is 1. The van der Waals surface area contributed by atoms with Crippen molar-refractivity contribution in [2.45, 2.75) is 25.9 Å². The molecule has 0 unspecified atom stereocenters. The molecule has 0 fully saturated rings. The summed E-state index contributed by atoms with van der Waals surface area (Å²) < 4.78 is 5.03. The minimum Gasteiger partial charge on any atom is -0.508 e. The highest BCUT2D eigenvalue weighted by molar-refractivity contribution is 5.39. The summed E-state index contributed by atoms with van der Waals surface area (Å²) in [6.07, 6.45) is 0.399. The SMILES string of the molecule is COc1ccc(O)c(CC(C)(C)O)c1. The summed E-state index contributed by atoms with van der Waals surface area (Å²) >= 11 is 0. The van der Waals surface area contributed by atoms with Gasteiger partial charge in [-0.2, -0.15) is 0 Å². The minimum absolute atomic E-state index is 0.188. The fraction of sp³-hybridized carbons (Fsp3) is 0.455. The monoisotopic (exact) mass is 196 g/mol. The molecule has 3 heteroatoms. The smallest absolute Gasteiger partial charge is 0.119 e. The minimum atomic E-state index is -0.830. The molecule has 2 N–H and O–H groups in total. The molecular weight excluding hydrogens is 180 g/mol. The summed E-state index contributed by atoms with van der Waals surface area (Å²) in [6.45, 7) is 3.40. The Labute approximate surface area is 84.0 Å². The molecule has 0 atom stereocenters. The maximum Gasteiger partial charge on any atom is 0.119 e. The van der Waals surface area contributed by atoms with Crippen molar-refractivity contribution in [2.75, 3.05) is 7.11 Å². The highest BCUT2D eigenvalue weighted by Crippen LogP contribution is 2.26. The van der Waals surface area contributed by atoms with Crippen LogP contribution >= 0.6 is 0 Å². The van der Waals surface area contributed by atoms with Crippen LogP contribution in [0.25, 0.3) is 0 Å². The van der Waals surface area contributed by atoms with Crippen LogP contribution < -0.4 is 4.74 Å². The molecule has 0 saturated heterocycles. The van der Waals surface area contributed by atoms with Crippen LogP contribution in [0.3, 0.4) is 0 Å². The molecule has 0 bridgehead atoms. The lowest BCUT2D eigenvalue weighted by Crippen LogP contribution is -2.21. The maximum atomic E-state index is 9.61. The molecule has 0 spiro atoms. The van der Waals surface area contributed by atoms with Crippen molar-refractivity contribution in [1.82, 2.24) is 0 Å². The molecule has 0 amide bonds. The predicted molar refractivity (Wildman–Crippen MR) is 54.7 cm³/mol. The quantitative estimate of drug-likeness (QED) is 0.773. The molecule has 1 aromatic rings. The third kappa shape index (κ3) is 2.92. The summed E-state index contributed by atoms with van der Waals surface area (Å²) in [5, 5.41) is 19.1. The van der Waals surface area contributed by atoms with Gasteiger partial charge < -0.3 is 14.9 Å². The van der Waals surface area contributed by atoms with Crippen LogP contribution in [0.4, 0.5) is 0 Å². The second-order valence-corrected chi connectivity index (χ2v) is 3.98. The largest absolute Gasteiger partial charge is 0.508 e. The molecular formula is C11H16O3. The number of phenols is 1. The molecule has 0 aliphatic rings. The van der Waals surface area contributed by atoms with E-state index >= 15 is 0 Å². The Balaban J connectivity index is 2.95. The summed E-state index contributed by atoms with van der Waals surface area (Å²) in [4.78, 5) is 0. The normalized spacial score (nSPS) is 11.4. The van der Waals surface area contributed by atoms with Gasteiger partial charge in [0.05, 0.1) is 12.7 Å². The Morgan fingerprint density at radius 3 is 2.50 bits per heavy atom. The third-order valence-corrected chi connectivity index (χ3v) is 1.91. The number of methoxy groups -OCH3 is 1. The zero-order valence-electron chi connectivity index (χ0n) is 8.74. The number of ether oxygens (including phenoxy) is 1. The molecule has 1 rings (SSSR count). The highest BCUT2D eigenvalue weighted by atomic mass is 16.5. The molecule has 0 heterocycles. The lowest BCUT2D eigenvalue weighted by atomic mass is 9.98. The summed E-state index contributed by atoms with van der Waals surface area (Å²) in [5.41, 5.74) is -0.138. The van der Waals surface area contributed by atoms with Crippen molar-refractivity contribution < 1.29 is 14.9 Å². The van der Waals surface area contributed by atoms with Crippen molar-refractivity contribution in [3.63, 3.8) is 0 Å². The molecule has 14 heavy (non-hydrogen) atoms. The van der Waals surface area contributed by atoms with Gasteiger partial charge in [-0.05, 0) is 32.0 Å². The van der Waals surface area contributed by atoms with Crippen LogP contribution in [0.1, 0.15) is 19.4 Å². The van der Waals surface area contributed by atoms with E-state index in [1.54, 1.807) is 39.2 Å². The molecule has 78 valence electrons. The van der Waals surface area contributed by atoms with E-state index < -0.39 is 5.60 Å². The fourth-order valence-electron chi connectivity index (χ4n) is 1.30. The first-order chi connectivity index (χ1) is 6.42. The number of hydrogen-bond acceptors (Lipinski definition) is 3. The fourth-order valence-corrected chi connectivity index (χ4v) is 1.30. The zero-order valence-corrected chi connectivity index (χ0v) is 8.74. The first kappa shape index (κ1) is 10.9. The van der Waals surface area contributed by atoms with Crippen molar-refractivity contribution in [2.24, 2.45) is 0 Å². The van der Waals surface area contributed by atoms with E-state index in [0.717, 1.165) is 0 Å². The Hall–Kier alpha value is -1.22. The summed E-state index contributed by atoms with van der Waals surface area (Å²) in [6, 6.07) is 4.98. The highest BCUT2D eigenvalue weighted by Gasteiger charge is 2.16. The van der Waals surface area contributed by atoms with Crippen molar-refractivity contribution >= 4 is 0 Å². The summed E-state index contributed by atoms with van der Waals surface area (Å²) in [5.74, 6) is 0.870. The van der Waals surface area contributed by atoms with Crippen LogP contribution in [-0.4, -0.2) is 22.9 Å². The van der Waals surface area contributed by atoms with Crippen LogP contribution in [0, 0.1) is 0 Å². The van der Waals surface area contributed by atoms with E-state index in [1.165, 1.54) is 0 Å². The van der Waals surface area contributed by atoms with Crippen molar-refractivity contribution in [3.05, 3.63) is 23.8 Å². The molecule has 0 radical (unpaired) electrons. The molecule has 0 saturated carbocycles. The number of hydrogen-bond donors (Lipinski definition) is 2. The van der Waals surface area contributed by atoms with E-state index in [4.69, 9.17) is 4.74 Å². The number of aliphatic hydroxyl groups is 1. The van der Waals surface area contributed by atoms with Crippen molar-refractivity contribution in [3.8, 4) is 11.5 Å². The van der Waals surface area contributed by atoms with Gasteiger partial charge in [0.25, 0.3) is 0 Å². The standard InChI is InChI=1S/C11H16O3/c1-11(2,13)7-8-6-9(14-3)4-5-10(8)12/h4-6,12-13H,7H2,1-3H3. The van der Waals surface area contributed by atoms with E-state index in [0.29, 0.717) is 17.7 Å². The lowest BCUT2D eigenvalue weighted by Gasteiger charge is -2.18. The average Bonchev–Trinajstić information content (AvgIpc) is 2.06. The molecule has 1 aromatic carbocycles. The van der Waals surface area contributed by atoms with Crippen LogP contribution in [0.5, 0.6) is 11.5 Å². The number of rotatable bonds is 3. The van der Waals surface area contributed by atoms with Gasteiger partial charge in [-0.3, -0.25) is 0 Å². The van der Waals surface area contributed by atoms with Gasteiger partial charge in [0.1, 0.15) is 11.5 Å². The van der Waals surface area contributed by atoms with Gasteiger partial charge >= 0.3 is 0 Å². The zero-order chi connectivity index (χ0) is 10.8. The molecule has 0 aromatic heterocycles. The second-order valence-electron chi connectivity index (χ2n) is 3.98. The Bertz CT molecular complexity index is 313. The first-order valence-electron chi connectivity index (χ1n) is 4.50. The van der Waals surface area contributed by atoms with E-state index in [-0.39, 0.29) is 5.75 Å². The van der Waals surface area contributed by atoms with Crippen LogP contribution in [0.2, 0.25) is 0 Å². The molecule has 3 nitrogen and oxygen atoms in total. The Kier molecular flexibility index (Phi) is 3.01. The second kappa shape index (κ2) is 3.88. The van der Waals surface area contributed by atoms with Crippen LogP contribution in [-0.2, 0) is 6.42 Å². The molecule has 0 aliphatic carbocycles. The van der Waals surface area contributed by atoms with Gasteiger partial charge in [-0.25, -0.2) is 0 Å². The number of aromatic hydroxyl groups is 1. The summed E-state index contributed by atoms with van der Waals surface area (Å²) in [7, 11) is 1.57. The lowest BCUT2D eigenvalue weighted by molar-refractivity contribution is 0.0802. The molecule has 0 aliphatic heterocycles. The topological polar surface area (TPSA) is 49.7 Å². The predicted octanol–water partition coefficient (Wildman–Crippen LogP) is 1.71. The van der Waals surface area contributed by atoms with Gasteiger partial charge in [0, 0.05) is 12.0 Å². The van der Waals surface area contributed by atoms with Gasteiger partial charge in [0.15, 0.2) is 0 Å². The van der Waals surface area contributed by atoms with Gasteiger partial charge in [-0.1, -0.05) is 0 Å². The Morgan fingerprint density at radius 1 is 1.36 bits per heavy atom. The van der Waals surface area contributed by atoms with Crippen molar-refractivity contribution in [1.29, 1.82) is 0 Å². The maximum absolute atomic E-state index is 9.61. The van der Waals surface area contributed by atoms with E-state index in [2.05, 4.69) is 0 Å². The Morgan fingerprint density at radius 2 is 2.00 bits per heavy atom. The third-order valence-electron chi connectivity index (χ3n) is 1.91. The average molecular weight is 196 g/mol. The van der Waals surface area contributed by atoms with Crippen LogP contribution in [0.15, 0.2) is 18.2 Å².